The van der Waals surface area contributed by atoms with Gasteiger partial charge in [0.05, 0.1) is 11.3 Å². The Morgan fingerprint density at radius 1 is 1.30 bits per heavy atom. The summed E-state index contributed by atoms with van der Waals surface area (Å²) in [5.74, 6) is 0.415. The maximum atomic E-state index is 12.1. The number of hydrogen-bond acceptors (Lipinski definition) is 2. The van der Waals surface area contributed by atoms with E-state index < -0.39 is 0 Å². The highest BCUT2D eigenvalue weighted by Crippen LogP contribution is 2.09. The summed E-state index contributed by atoms with van der Waals surface area (Å²) in [5, 5.41) is 7.18. The zero-order valence-corrected chi connectivity index (χ0v) is 12.4. The minimum absolute atomic E-state index is 0.0867. The number of nitrogens with one attached hydrogen (secondary N) is 1. The second kappa shape index (κ2) is 6.57. The van der Waals surface area contributed by atoms with Gasteiger partial charge in [-0.15, -0.1) is 11.6 Å². The van der Waals surface area contributed by atoms with E-state index in [4.69, 9.17) is 11.6 Å². The van der Waals surface area contributed by atoms with Crippen molar-refractivity contribution in [2.45, 2.75) is 25.8 Å². The number of carbonyl (C=O) groups excluding carboxylic acids is 1. The second-order valence-electron chi connectivity index (χ2n) is 4.65. The fourth-order valence-electron chi connectivity index (χ4n) is 2.01. The molecular weight excluding hydrogens is 274 g/mol. The molecule has 1 aromatic heterocycles. The van der Waals surface area contributed by atoms with E-state index in [1.165, 1.54) is 0 Å². The lowest BCUT2D eigenvalue weighted by molar-refractivity contribution is 0.0950. The molecule has 0 aliphatic rings. The average Bonchev–Trinajstić information content (AvgIpc) is 2.86. The maximum absolute atomic E-state index is 12.1. The second-order valence-corrected chi connectivity index (χ2v) is 4.92. The van der Waals surface area contributed by atoms with E-state index in [1.54, 1.807) is 10.9 Å². The lowest BCUT2D eigenvalue weighted by Crippen LogP contribution is -2.23. The van der Waals surface area contributed by atoms with Gasteiger partial charge in [-0.1, -0.05) is 31.2 Å². The zero-order valence-electron chi connectivity index (χ0n) is 11.7. The van der Waals surface area contributed by atoms with E-state index in [9.17, 15) is 4.79 Å². The van der Waals surface area contributed by atoms with E-state index in [-0.39, 0.29) is 5.91 Å². The monoisotopic (exact) mass is 291 g/mol. The van der Waals surface area contributed by atoms with E-state index in [1.807, 2.05) is 38.2 Å². The Hall–Kier alpha value is -1.81. The number of rotatable bonds is 5. The Labute approximate surface area is 123 Å². The summed E-state index contributed by atoms with van der Waals surface area (Å²) in [6.07, 6.45) is 2.50. The molecule has 0 fully saturated rings. The molecular formula is C15H18ClN3O. The third-order valence-electron chi connectivity index (χ3n) is 3.12. The summed E-state index contributed by atoms with van der Waals surface area (Å²) in [6.45, 7) is 2.49. The van der Waals surface area contributed by atoms with Crippen molar-refractivity contribution in [1.29, 1.82) is 0 Å². The van der Waals surface area contributed by atoms with Crippen LogP contribution in [0.25, 0.3) is 0 Å². The number of halogens is 1. The molecule has 1 amide bonds. The van der Waals surface area contributed by atoms with Crippen LogP contribution in [0.4, 0.5) is 0 Å². The van der Waals surface area contributed by atoms with E-state index >= 15 is 0 Å². The van der Waals surface area contributed by atoms with Crippen LogP contribution in [-0.4, -0.2) is 15.7 Å². The smallest absolute Gasteiger partial charge is 0.255 e. The van der Waals surface area contributed by atoms with Gasteiger partial charge >= 0.3 is 0 Å². The first kappa shape index (κ1) is 14.6. The van der Waals surface area contributed by atoms with Crippen LogP contribution in [0.1, 0.15) is 34.1 Å². The van der Waals surface area contributed by atoms with Gasteiger partial charge in [0.15, 0.2) is 0 Å². The third-order valence-corrected chi connectivity index (χ3v) is 3.42. The number of aromatic nitrogens is 2. The quantitative estimate of drug-likeness (QED) is 0.861. The predicted octanol–water partition coefficient (Wildman–Crippen LogP) is 2.65. The van der Waals surface area contributed by atoms with Gasteiger partial charge in [-0.3, -0.25) is 9.48 Å². The molecule has 2 rings (SSSR count). The maximum Gasteiger partial charge on any atom is 0.255 e. The molecule has 2 aromatic rings. The SMILES string of the molecule is CCc1nn(C)cc1C(=O)NCc1ccc(CCl)cc1. The van der Waals surface area contributed by atoms with Crippen LogP contribution >= 0.6 is 11.6 Å². The van der Waals surface area contributed by atoms with Crippen molar-refractivity contribution in [1.82, 2.24) is 15.1 Å². The lowest BCUT2D eigenvalue weighted by atomic mass is 10.1. The van der Waals surface area contributed by atoms with Gasteiger partial charge < -0.3 is 5.32 Å². The highest BCUT2D eigenvalue weighted by Gasteiger charge is 2.13. The van der Waals surface area contributed by atoms with Gasteiger partial charge in [-0.2, -0.15) is 5.10 Å². The summed E-state index contributed by atoms with van der Waals surface area (Å²) in [4.78, 5) is 12.1. The standard InChI is InChI=1S/C15H18ClN3O/c1-3-14-13(10-19(2)18-14)15(20)17-9-12-6-4-11(8-16)5-7-12/h4-7,10H,3,8-9H2,1-2H3,(H,17,20). The summed E-state index contributed by atoms with van der Waals surface area (Å²) in [5.41, 5.74) is 3.59. The molecule has 20 heavy (non-hydrogen) atoms. The molecule has 0 atom stereocenters. The third kappa shape index (κ3) is 3.39. The van der Waals surface area contributed by atoms with Gasteiger partial charge in [-0.05, 0) is 17.5 Å². The van der Waals surface area contributed by atoms with E-state index in [0.29, 0.717) is 18.0 Å². The summed E-state index contributed by atoms with van der Waals surface area (Å²) in [6, 6.07) is 7.88. The van der Waals surface area contributed by atoms with E-state index in [2.05, 4.69) is 10.4 Å². The van der Waals surface area contributed by atoms with Crippen molar-refractivity contribution >= 4 is 17.5 Å². The fourth-order valence-corrected chi connectivity index (χ4v) is 2.19. The Kier molecular flexibility index (Phi) is 4.79. The first-order chi connectivity index (χ1) is 9.63. The van der Waals surface area contributed by atoms with Crippen LogP contribution in [0.15, 0.2) is 30.5 Å². The molecule has 106 valence electrons. The Balaban J connectivity index is 2.00. The lowest BCUT2D eigenvalue weighted by Gasteiger charge is -2.05. The Morgan fingerprint density at radius 2 is 1.95 bits per heavy atom. The Bertz CT molecular complexity index is 590. The Morgan fingerprint density at radius 3 is 2.55 bits per heavy atom. The van der Waals surface area contributed by atoms with Gasteiger partial charge in [0.2, 0.25) is 0 Å². The van der Waals surface area contributed by atoms with Crippen LogP contribution in [0.5, 0.6) is 0 Å². The molecule has 0 radical (unpaired) electrons. The van der Waals surface area contributed by atoms with E-state index in [0.717, 1.165) is 23.2 Å². The molecule has 1 N–H and O–H groups in total. The molecule has 0 saturated carbocycles. The highest BCUT2D eigenvalue weighted by atomic mass is 35.5. The van der Waals surface area contributed by atoms with Gasteiger partial charge in [-0.25, -0.2) is 0 Å². The first-order valence-electron chi connectivity index (χ1n) is 6.58. The molecule has 0 saturated heterocycles. The number of benzene rings is 1. The molecule has 0 aliphatic carbocycles. The summed E-state index contributed by atoms with van der Waals surface area (Å²) in [7, 11) is 1.82. The van der Waals surface area contributed by atoms with Gasteiger partial charge in [0.25, 0.3) is 5.91 Å². The van der Waals surface area contributed by atoms with Crippen molar-refractivity contribution in [3.63, 3.8) is 0 Å². The minimum Gasteiger partial charge on any atom is -0.348 e. The molecule has 1 heterocycles. The van der Waals surface area contributed by atoms with Crippen molar-refractivity contribution in [2.75, 3.05) is 0 Å². The van der Waals surface area contributed by atoms with Crippen LogP contribution < -0.4 is 5.32 Å². The number of carbonyl (C=O) groups is 1. The van der Waals surface area contributed by atoms with Crippen molar-refractivity contribution in [2.24, 2.45) is 7.05 Å². The molecule has 0 aliphatic heterocycles. The molecule has 0 unspecified atom stereocenters. The summed E-state index contributed by atoms with van der Waals surface area (Å²) < 4.78 is 1.67. The molecule has 0 spiro atoms. The average molecular weight is 292 g/mol. The normalized spacial score (nSPS) is 10.6. The highest BCUT2D eigenvalue weighted by molar-refractivity contribution is 6.17. The van der Waals surface area contributed by atoms with Crippen molar-refractivity contribution in [3.8, 4) is 0 Å². The number of aryl methyl sites for hydroxylation is 2. The van der Waals surface area contributed by atoms with Crippen LogP contribution in [-0.2, 0) is 25.9 Å². The molecule has 4 nitrogen and oxygen atoms in total. The number of amides is 1. The summed E-state index contributed by atoms with van der Waals surface area (Å²) >= 11 is 5.74. The van der Waals surface area contributed by atoms with Gasteiger partial charge in [0.1, 0.15) is 0 Å². The largest absolute Gasteiger partial charge is 0.348 e. The predicted molar refractivity (Wildman–Crippen MR) is 79.8 cm³/mol. The van der Waals surface area contributed by atoms with Crippen LogP contribution in [0, 0.1) is 0 Å². The first-order valence-corrected chi connectivity index (χ1v) is 7.12. The van der Waals surface area contributed by atoms with Crippen molar-refractivity contribution < 1.29 is 4.79 Å². The van der Waals surface area contributed by atoms with Crippen LogP contribution in [0.2, 0.25) is 0 Å². The molecule has 0 bridgehead atoms. The molecule has 1 aromatic carbocycles. The minimum atomic E-state index is -0.0867. The van der Waals surface area contributed by atoms with Crippen LogP contribution in [0.3, 0.4) is 0 Å². The molecule has 5 heteroatoms. The van der Waals surface area contributed by atoms with Gasteiger partial charge in [0, 0.05) is 25.7 Å². The zero-order chi connectivity index (χ0) is 14.5. The topological polar surface area (TPSA) is 46.9 Å². The number of nitrogens with zero attached hydrogens (tertiary/aromatic N) is 2. The fraction of sp³-hybridized carbons (Fsp3) is 0.333. The number of hydrogen-bond donors (Lipinski definition) is 1. The van der Waals surface area contributed by atoms with Crippen molar-refractivity contribution in [3.05, 3.63) is 52.8 Å². The number of alkyl halides is 1.